The molecule has 0 spiro atoms. The van der Waals surface area contributed by atoms with Crippen molar-refractivity contribution in [1.82, 2.24) is 0 Å². The van der Waals surface area contributed by atoms with Crippen LogP contribution in [0.15, 0.2) is 18.2 Å². The first-order chi connectivity index (χ1) is 7.22. The molecule has 1 heterocycles. The molecule has 0 bridgehead atoms. The molecular weight excluding hydrogens is 200 g/mol. The smallest absolute Gasteiger partial charge is 0.231 e. The third-order valence-corrected chi connectivity index (χ3v) is 2.13. The molecule has 1 atom stereocenters. The predicted octanol–water partition coefficient (Wildman–Crippen LogP) is -0.0488. The van der Waals surface area contributed by atoms with Crippen molar-refractivity contribution in [2.75, 3.05) is 13.4 Å². The molecule has 0 amide bonds. The quantitative estimate of drug-likeness (QED) is 0.684. The van der Waals surface area contributed by atoms with Gasteiger partial charge in [-0.25, -0.2) is 0 Å². The number of aliphatic hydroxyl groups is 2. The van der Waals surface area contributed by atoms with Gasteiger partial charge in [-0.15, -0.1) is 0 Å². The van der Waals surface area contributed by atoms with Gasteiger partial charge in [-0.05, 0) is 18.2 Å². The minimum absolute atomic E-state index is 0.134. The molecule has 0 fully saturated rings. The molecule has 15 heavy (non-hydrogen) atoms. The highest BCUT2D eigenvalue weighted by atomic mass is 16.7. The van der Waals surface area contributed by atoms with Crippen molar-refractivity contribution in [3.05, 3.63) is 23.8 Å². The molecule has 0 aromatic heterocycles. The molecule has 5 nitrogen and oxygen atoms in total. The monoisotopic (exact) mass is 210 g/mol. The van der Waals surface area contributed by atoms with Gasteiger partial charge in [0.1, 0.15) is 6.10 Å². The van der Waals surface area contributed by atoms with E-state index in [-0.39, 0.29) is 6.79 Å². The van der Waals surface area contributed by atoms with Crippen molar-refractivity contribution in [3.63, 3.8) is 0 Å². The number of hydrogen-bond acceptors (Lipinski definition) is 5. The lowest BCUT2D eigenvalue weighted by Gasteiger charge is -2.06. The van der Waals surface area contributed by atoms with Gasteiger partial charge in [-0.1, -0.05) is 0 Å². The summed E-state index contributed by atoms with van der Waals surface area (Å²) in [4.78, 5) is 11.5. The lowest BCUT2D eigenvalue weighted by atomic mass is 10.1. The van der Waals surface area contributed by atoms with Crippen LogP contribution in [0.5, 0.6) is 11.5 Å². The molecule has 0 saturated carbocycles. The first-order valence-corrected chi connectivity index (χ1v) is 4.45. The lowest BCUT2D eigenvalue weighted by Crippen LogP contribution is -2.24. The Bertz CT molecular complexity index is 387. The number of rotatable bonds is 3. The maximum atomic E-state index is 11.5. The van der Waals surface area contributed by atoms with Gasteiger partial charge in [-0.3, -0.25) is 4.79 Å². The Labute approximate surface area is 85.9 Å². The van der Waals surface area contributed by atoms with Crippen LogP contribution in [0.25, 0.3) is 0 Å². The Balaban J connectivity index is 2.26. The Hall–Kier alpha value is -1.59. The van der Waals surface area contributed by atoms with E-state index < -0.39 is 18.5 Å². The van der Waals surface area contributed by atoms with Crippen molar-refractivity contribution in [2.45, 2.75) is 6.10 Å². The van der Waals surface area contributed by atoms with Gasteiger partial charge in [0.2, 0.25) is 6.79 Å². The van der Waals surface area contributed by atoms with E-state index in [2.05, 4.69) is 0 Å². The first-order valence-electron chi connectivity index (χ1n) is 4.45. The molecule has 2 N–H and O–H groups in total. The predicted molar refractivity (Wildman–Crippen MR) is 50.0 cm³/mol. The zero-order valence-corrected chi connectivity index (χ0v) is 7.84. The van der Waals surface area contributed by atoms with Crippen molar-refractivity contribution in [3.8, 4) is 11.5 Å². The molecule has 0 unspecified atom stereocenters. The highest BCUT2D eigenvalue weighted by molar-refractivity contribution is 5.99. The zero-order chi connectivity index (χ0) is 10.8. The van der Waals surface area contributed by atoms with Crippen LogP contribution >= 0.6 is 0 Å². The molecule has 1 aromatic carbocycles. The van der Waals surface area contributed by atoms with Crippen molar-refractivity contribution >= 4 is 5.78 Å². The summed E-state index contributed by atoms with van der Waals surface area (Å²) in [5.74, 6) is 0.520. The third kappa shape index (κ3) is 1.79. The Morgan fingerprint density at radius 3 is 2.87 bits per heavy atom. The van der Waals surface area contributed by atoms with Crippen molar-refractivity contribution in [2.24, 2.45) is 0 Å². The van der Waals surface area contributed by atoms with Crippen LogP contribution in [0.3, 0.4) is 0 Å². The minimum atomic E-state index is -1.38. The Morgan fingerprint density at radius 1 is 1.40 bits per heavy atom. The summed E-state index contributed by atoms with van der Waals surface area (Å²) in [5.41, 5.74) is 0.292. The number of ketones is 1. The van der Waals surface area contributed by atoms with Crippen LogP contribution in [0.4, 0.5) is 0 Å². The maximum absolute atomic E-state index is 11.5. The number of fused-ring (bicyclic) bond motifs is 1. The summed E-state index contributed by atoms with van der Waals surface area (Å²) in [7, 11) is 0. The van der Waals surface area contributed by atoms with Crippen molar-refractivity contribution in [1.29, 1.82) is 0 Å². The average Bonchev–Trinajstić information content (AvgIpc) is 2.73. The van der Waals surface area contributed by atoms with Crippen LogP contribution in [0.2, 0.25) is 0 Å². The summed E-state index contributed by atoms with van der Waals surface area (Å²) in [6.45, 7) is -0.456. The lowest BCUT2D eigenvalue weighted by molar-refractivity contribution is 0.0587. The molecule has 1 aliphatic rings. The molecule has 0 aliphatic carbocycles. The number of ether oxygens (including phenoxy) is 2. The van der Waals surface area contributed by atoms with Gasteiger partial charge in [0.25, 0.3) is 0 Å². The van der Waals surface area contributed by atoms with Gasteiger partial charge in [0.15, 0.2) is 17.3 Å². The third-order valence-electron chi connectivity index (χ3n) is 2.13. The molecule has 1 aromatic rings. The van der Waals surface area contributed by atoms with E-state index in [1.165, 1.54) is 12.1 Å². The van der Waals surface area contributed by atoms with E-state index in [0.717, 1.165) is 0 Å². The van der Waals surface area contributed by atoms with Gasteiger partial charge in [0.05, 0.1) is 6.61 Å². The fraction of sp³-hybridized carbons (Fsp3) is 0.300. The van der Waals surface area contributed by atoms with E-state index in [0.29, 0.717) is 17.1 Å². The average molecular weight is 210 g/mol. The van der Waals surface area contributed by atoms with Gasteiger partial charge >= 0.3 is 0 Å². The van der Waals surface area contributed by atoms with Gasteiger partial charge in [0, 0.05) is 5.56 Å². The summed E-state index contributed by atoms with van der Waals surface area (Å²) in [5, 5.41) is 17.8. The van der Waals surface area contributed by atoms with Crippen LogP contribution in [-0.2, 0) is 0 Å². The van der Waals surface area contributed by atoms with Crippen LogP contribution in [0, 0.1) is 0 Å². The SMILES string of the molecule is O=C(c1ccc2c(c1)OCO2)[C@@H](O)CO. The molecule has 0 saturated heterocycles. The summed E-state index contributed by atoms with van der Waals surface area (Å²) in [6.07, 6.45) is -1.38. The second-order valence-electron chi connectivity index (χ2n) is 3.13. The Kier molecular flexibility index (Phi) is 2.57. The van der Waals surface area contributed by atoms with Crippen LogP contribution < -0.4 is 9.47 Å². The second kappa shape index (κ2) is 3.88. The van der Waals surface area contributed by atoms with E-state index in [1.54, 1.807) is 6.07 Å². The van der Waals surface area contributed by atoms with E-state index >= 15 is 0 Å². The molecule has 1 aliphatic heterocycles. The largest absolute Gasteiger partial charge is 0.454 e. The molecule has 2 rings (SSSR count). The fourth-order valence-corrected chi connectivity index (χ4v) is 1.33. The standard InChI is InChI=1S/C10H10O5/c11-4-7(12)10(13)6-1-2-8-9(3-6)15-5-14-8/h1-3,7,11-12H,4-5H2/t7-/m0/s1. The molecule has 5 heteroatoms. The fourth-order valence-electron chi connectivity index (χ4n) is 1.33. The van der Waals surface area contributed by atoms with Gasteiger partial charge < -0.3 is 19.7 Å². The second-order valence-corrected chi connectivity index (χ2v) is 3.13. The van der Waals surface area contributed by atoms with E-state index in [1.807, 2.05) is 0 Å². The number of carbonyl (C=O) groups excluding carboxylic acids is 1. The van der Waals surface area contributed by atoms with E-state index in [9.17, 15) is 4.79 Å². The molecular formula is C10H10O5. The molecule has 80 valence electrons. The molecule has 0 radical (unpaired) electrons. The maximum Gasteiger partial charge on any atom is 0.231 e. The topological polar surface area (TPSA) is 76.0 Å². The van der Waals surface area contributed by atoms with E-state index in [4.69, 9.17) is 19.7 Å². The number of Topliss-reactive ketones (excluding diaryl/α,β-unsaturated/α-hetero) is 1. The number of carbonyl (C=O) groups is 1. The Morgan fingerprint density at radius 2 is 2.13 bits per heavy atom. The number of aliphatic hydroxyl groups excluding tert-OH is 2. The highest BCUT2D eigenvalue weighted by Gasteiger charge is 2.20. The van der Waals surface area contributed by atoms with Crippen LogP contribution in [0.1, 0.15) is 10.4 Å². The number of benzene rings is 1. The minimum Gasteiger partial charge on any atom is -0.454 e. The summed E-state index contributed by atoms with van der Waals surface area (Å²) < 4.78 is 10.2. The van der Waals surface area contributed by atoms with Crippen LogP contribution in [-0.4, -0.2) is 35.5 Å². The zero-order valence-electron chi connectivity index (χ0n) is 7.84. The summed E-state index contributed by atoms with van der Waals surface area (Å²) >= 11 is 0. The first kappa shape index (κ1) is 9.95. The van der Waals surface area contributed by atoms with Crippen molar-refractivity contribution < 1.29 is 24.5 Å². The summed E-state index contributed by atoms with van der Waals surface area (Å²) in [6, 6.07) is 4.61. The number of hydrogen-bond donors (Lipinski definition) is 2. The van der Waals surface area contributed by atoms with Gasteiger partial charge in [-0.2, -0.15) is 0 Å². The normalized spacial score (nSPS) is 15.1. The highest BCUT2D eigenvalue weighted by Crippen LogP contribution is 2.32.